The van der Waals surface area contributed by atoms with Gasteiger partial charge >= 0.3 is 0 Å². The maximum atomic E-state index is 5.73. The van der Waals surface area contributed by atoms with Crippen LogP contribution in [0.15, 0.2) is 59.3 Å². The fourth-order valence-electron chi connectivity index (χ4n) is 2.45. The average Bonchev–Trinajstić information content (AvgIpc) is 3.13. The van der Waals surface area contributed by atoms with E-state index < -0.39 is 0 Å². The Labute approximate surface area is 127 Å². The number of benzene rings is 1. The Morgan fingerprint density at radius 1 is 1.14 bits per heavy atom. The number of rotatable bonds is 3. The number of aromatic nitrogens is 3. The van der Waals surface area contributed by atoms with Crippen molar-refractivity contribution in [3.05, 3.63) is 60.6 Å². The molecule has 0 atom stereocenters. The molecular weight excluding hydrogens is 276 g/mol. The van der Waals surface area contributed by atoms with Crippen LogP contribution in [0.1, 0.15) is 5.69 Å². The molecule has 0 unspecified atom stereocenters. The minimum atomic E-state index is 0.681. The maximum Gasteiger partial charge on any atom is 0.199 e. The molecule has 0 bridgehead atoms. The predicted molar refractivity (Wildman–Crippen MR) is 86.1 cm³/mol. The molecule has 0 radical (unpaired) electrons. The molecule has 0 spiro atoms. The van der Waals surface area contributed by atoms with Crippen LogP contribution in [0.3, 0.4) is 0 Å². The molecule has 5 heteroatoms. The van der Waals surface area contributed by atoms with Crippen LogP contribution < -0.4 is 5.32 Å². The second-order valence-corrected chi connectivity index (χ2v) is 5.09. The number of hydrogen-bond acceptors (Lipinski definition) is 4. The van der Waals surface area contributed by atoms with E-state index in [2.05, 4.69) is 20.5 Å². The third kappa shape index (κ3) is 2.22. The van der Waals surface area contributed by atoms with Gasteiger partial charge in [-0.1, -0.05) is 18.2 Å². The number of pyridine rings is 1. The zero-order valence-corrected chi connectivity index (χ0v) is 12.0. The number of aromatic amines is 1. The highest BCUT2D eigenvalue weighted by molar-refractivity contribution is 5.81. The molecule has 4 aromatic rings. The van der Waals surface area contributed by atoms with E-state index in [0.717, 1.165) is 33.6 Å². The molecule has 22 heavy (non-hydrogen) atoms. The van der Waals surface area contributed by atoms with E-state index in [9.17, 15) is 0 Å². The zero-order chi connectivity index (χ0) is 14.9. The number of H-pyrrole nitrogens is 1. The number of para-hydroxylation sites is 1. The molecule has 108 valence electrons. The summed E-state index contributed by atoms with van der Waals surface area (Å²) >= 11 is 0. The van der Waals surface area contributed by atoms with E-state index in [1.54, 1.807) is 0 Å². The van der Waals surface area contributed by atoms with Crippen molar-refractivity contribution < 1.29 is 4.42 Å². The topological polar surface area (TPSA) is 66.7 Å². The van der Waals surface area contributed by atoms with Crippen LogP contribution in [-0.4, -0.2) is 15.2 Å². The average molecular weight is 290 g/mol. The van der Waals surface area contributed by atoms with Gasteiger partial charge in [0, 0.05) is 35.0 Å². The number of furan rings is 1. The van der Waals surface area contributed by atoms with Crippen molar-refractivity contribution in [3.8, 4) is 11.1 Å². The largest absolute Gasteiger partial charge is 0.440 e. The molecule has 0 fully saturated rings. The second kappa shape index (κ2) is 5.04. The molecule has 0 saturated heterocycles. The van der Waals surface area contributed by atoms with Gasteiger partial charge in [0.05, 0.1) is 5.69 Å². The summed E-state index contributed by atoms with van der Waals surface area (Å²) in [6.07, 6.45) is 3.70. The van der Waals surface area contributed by atoms with E-state index >= 15 is 0 Å². The molecule has 0 aliphatic heterocycles. The molecular formula is C17H14N4O. The van der Waals surface area contributed by atoms with Gasteiger partial charge in [-0.15, -0.1) is 0 Å². The summed E-state index contributed by atoms with van der Waals surface area (Å²) in [7, 11) is 0. The summed E-state index contributed by atoms with van der Waals surface area (Å²) in [5, 5.41) is 11.2. The summed E-state index contributed by atoms with van der Waals surface area (Å²) in [6, 6.07) is 13.8. The van der Waals surface area contributed by atoms with E-state index in [1.165, 1.54) is 0 Å². The Morgan fingerprint density at radius 3 is 2.77 bits per heavy atom. The standard InChI is InChI=1S/C17H14N4O/c1-11-14(10-19-21-11)13-6-7-16(18-9-13)20-17-8-12-4-2-3-5-15(12)22-17/h2-10H,1H3,(H,18,20)(H,19,21). The van der Waals surface area contributed by atoms with E-state index in [1.807, 2.05) is 61.8 Å². The van der Waals surface area contributed by atoms with E-state index in [-0.39, 0.29) is 0 Å². The molecule has 0 aliphatic carbocycles. The minimum absolute atomic E-state index is 0.681. The van der Waals surface area contributed by atoms with Crippen LogP contribution in [0.4, 0.5) is 11.7 Å². The van der Waals surface area contributed by atoms with Crippen molar-refractivity contribution in [1.82, 2.24) is 15.2 Å². The smallest absolute Gasteiger partial charge is 0.199 e. The first-order chi connectivity index (χ1) is 10.8. The third-order valence-corrected chi connectivity index (χ3v) is 3.58. The van der Waals surface area contributed by atoms with Crippen molar-refractivity contribution >= 4 is 22.7 Å². The van der Waals surface area contributed by atoms with Gasteiger partial charge in [-0.05, 0) is 25.1 Å². The molecule has 0 saturated carbocycles. The lowest BCUT2D eigenvalue weighted by Crippen LogP contribution is -1.91. The predicted octanol–water partition coefficient (Wildman–Crippen LogP) is 4.27. The Hall–Kier alpha value is -3.08. The highest BCUT2D eigenvalue weighted by Gasteiger charge is 2.06. The number of nitrogens with zero attached hydrogens (tertiary/aromatic N) is 2. The van der Waals surface area contributed by atoms with Crippen molar-refractivity contribution in [2.45, 2.75) is 6.92 Å². The van der Waals surface area contributed by atoms with Crippen molar-refractivity contribution in [2.24, 2.45) is 0 Å². The molecule has 0 amide bonds. The minimum Gasteiger partial charge on any atom is -0.440 e. The number of nitrogens with one attached hydrogen (secondary N) is 2. The molecule has 3 aromatic heterocycles. The SMILES string of the molecule is Cc1n[nH]cc1-c1ccc(Nc2cc3ccccc3o2)nc1. The summed E-state index contributed by atoms with van der Waals surface area (Å²) in [6.45, 7) is 1.96. The van der Waals surface area contributed by atoms with Crippen molar-refractivity contribution in [2.75, 3.05) is 5.32 Å². The van der Waals surface area contributed by atoms with E-state index in [0.29, 0.717) is 5.88 Å². The lowest BCUT2D eigenvalue weighted by atomic mass is 10.1. The number of hydrogen-bond donors (Lipinski definition) is 2. The first-order valence-electron chi connectivity index (χ1n) is 7.02. The van der Waals surface area contributed by atoms with Crippen molar-refractivity contribution in [1.29, 1.82) is 0 Å². The lowest BCUT2D eigenvalue weighted by Gasteiger charge is -2.03. The van der Waals surface area contributed by atoms with Gasteiger partial charge in [-0.25, -0.2) is 4.98 Å². The summed E-state index contributed by atoms with van der Waals surface area (Å²) in [5.41, 5.74) is 3.90. The van der Waals surface area contributed by atoms with Gasteiger partial charge < -0.3 is 9.73 Å². The molecule has 5 nitrogen and oxygen atoms in total. The number of aryl methyl sites for hydroxylation is 1. The molecule has 4 rings (SSSR count). The molecule has 0 aliphatic rings. The Kier molecular flexibility index (Phi) is 2.89. The van der Waals surface area contributed by atoms with Crippen LogP contribution >= 0.6 is 0 Å². The molecule has 2 N–H and O–H groups in total. The highest BCUT2D eigenvalue weighted by Crippen LogP contribution is 2.26. The van der Waals surface area contributed by atoms with Crippen LogP contribution in [0.5, 0.6) is 0 Å². The van der Waals surface area contributed by atoms with Crippen LogP contribution in [0.2, 0.25) is 0 Å². The number of anilines is 2. The number of fused-ring (bicyclic) bond motifs is 1. The van der Waals surface area contributed by atoms with Crippen LogP contribution in [-0.2, 0) is 0 Å². The fourth-order valence-corrected chi connectivity index (χ4v) is 2.45. The summed E-state index contributed by atoms with van der Waals surface area (Å²) < 4.78 is 5.73. The second-order valence-electron chi connectivity index (χ2n) is 5.09. The van der Waals surface area contributed by atoms with Gasteiger partial charge in [0.15, 0.2) is 5.88 Å². The van der Waals surface area contributed by atoms with Gasteiger partial charge in [0.1, 0.15) is 11.4 Å². The summed E-state index contributed by atoms with van der Waals surface area (Å²) in [5.74, 6) is 1.42. The van der Waals surface area contributed by atoms with Gasteiger partial charge in [0.25, 0.3) is 0 Å². The highest BCUT2D eigenvalue weighted by atomic mass is 16.3. The lowest BCUT2D eigenvalue weighted by molar-refractivity contribution is 0.634. The normalized spacial score (nSPS) is 11.0. The molecule has 3 heterocycles. The Balaban J connectivity index is 1.59. The molecule has 1 aromatic carbocycles. The third-order valence-electron chi connectivity index (χ3n) is 3.58. The monoisotopic (exact) mass is 290 g/mol. The van der Waals surface area contributed by atoms with E-state index in [4.69, 9.17) is 4.42 Å². The van der Waals surface area contributed by atoms with Gasteiger partial charge in [0.2, 0.25) is 0 Å². The van der Waals surface area contributed by atoms with Gasteiger partial charge in [-0.2, -0.15) is 5.10 Å². The quantitative estimate of drug-likeness (QED) is 0.591. The Morgan fingerprint density at radius 2 is 2.05 bits per heavy atom. The van der Waals surface area contributed by atoms with Gasteiger partial charge in [-0.3, -0.25) is 5.10 Å². The van der Waals surface area contributed by atoms with Crippen molar-refractivity contribution in [3.63, 3.8) is 0 Å². The fraction of sp³-hybridized carbons (Fsp3) is 0.0588. The summed E-state index contributed by atoms with van der Waals surface area (Å²) in [4.78, 5) is 4.43. The Bertz CT molecular complexity index is 888. The first kappa shape index (κ1) is 12.6. The zero-order valence-electron chi connectivity index (χ0n) is 12.0. The van der Waals surface area contributed by atoms with Crippen LogP contribution in [0.25, 0.3) is 22.1 Å². The first-order valence-corrected chi connectivity index (χ1v) is 7.02. The van der Waals surface area contributed by atoms with Crippen LogP contribution in [0, 0.1) is 6.92 Å². The maximum absolute atomic E-state index is 5.73.